The van der Waals surface area contributed by atoms with Crippen LogP contribution in [0.25, 0.3) is 0 Å². The fourth-order valence-corrected chi connectivity index (χ4v) is 13.6. The van der Waals surface area contributed by atoms with Crippen molar-refractivity contribution in [1.29, 1.82) is 0 Å². The number of carbonyl (C=O) groups excluding carboxylic acids is 1. The van der Waals surface area contributed by atoms with E-state index in [1.807, 2.05) is 21.1 Å². The molecule has 0 aromatic rings. The molecule has 0 heterocycles. The Balaban J connectivity index is 3.90. The van der Waals surface area contributed by atoms with Crippen molar-refractivity contribution < 1.29 is 32.9 Å². The van der Waals surface area contributed by atoms with E-state index < -0.39 is 20.0 Å². The summed E-state index contributed by atoms with van der Waals surface area (Å²) < 4.78 is 24.0. The van der Waals surface area contributed by atoms with Crippen LogP contribution in [0, 0.1) is 0 Å². The van der Waals surface area contributed by atoms with Gasteiger partial charge in [-0.05, 0) is 38.5 Å². The summed E-state index contributed by atoms with van der Waals surface area (Å²) in [7, 11) is 1.64. The van der Waals surface area contributed by atoms with Crippen LogP contribution in [0.5, 0.6) is 0 Å². The maximum Gasteiger partial charge on any atom is 0.472 e. The lowest BCUT2D eigenvalue weighted by molar-refractivity contribution is -0.870. The number of likely N-dealkylation sites (N-methyl/N-ethyl adjacent to an activating group) is 1. The number of hydrogen-bond donors (Lipinski definition) is 3. The van der Waals surface area contributed by atoms with E-state index in [-0.39, 0.29) is 19.1 Å². The van der Waals surface area contributed by atoms with Crippen molar-refractivity contribution in [2.24, 2.45) is 0 Å². The van der Waals surface area contributed by atoms with Crippen LogP contribution in [0.2, 0.25) is 0 Å². The summed E-state index contributed by atoms with van der Waals surface area (Å²) >= 11 is 0. The molecule has 0 aliphatic heterocycles. The van der Waals surface area contributed by atoms with E-state index in [0.29, 0.717) is 23.9 Å². The molecular formula is C79H160N2O6P+. The molecule has 0 fully saturated rings. The quantitative estimate of drug-likeness (QED) is 0.0243. The minimum atomic E-state index is -4.33. The summed E-state index contributed by atoms with van der Waals surface area (Å²) in [6, 6.07) is -0.759. The number of nitrogens with zero attached hydrogens (tertiary/aromatic N) is 1. The SMILES string of the molecule is CCCCCCCCCC/C=C\CCCCCCCCCCCCCCCCCCCCCCCCCC(=O)NC(COP(=O)(O)OCC[N+](C)(C)C)C(O)CCCCCCCCCCCCCCCCCCCCCCCCCCCCCCCCC. The molecule has 9 heteroatoms. The predicted molar refractivity (Wildman–Crippen MR) is 388 cm³/mol. The van der Waals surface area contributed by atoms with Crippen LogP contribution in [0.4, 0.5) is 0 Å². The normalized spacial score (nSPS) is 13.5. The van der Waals surface area contributed by atoms with Crippen LogP contribution in [0.15, 0.2) is 12.2 Å². The van der Waals surface area contributed by atoms with Crippen molar-refractivity contribution in [1.82, 2.24) is 5.32 Å². The van der Waals surface area contributed by atoms with Gasteiger partial charge in [0.1, 0.15) is 13.2 Å². The van der Waals surface area contributed by atoms with E-state index in [4.69, 9.17) is 9.05 Å². The Hall–Kier alpha value is -0.760. The largest absolute Gasteiger partial charge is 0.472 e. The molecule has 526 valence electrons. The van der Waals surface area contributed by atoms with Crippen LogP contribution >= 0.6 is 7.82 Å². The van der Waals surface area contributed by atoms with Crippen molar-refractivity contribution in [3.05, 3.63) is 12.2 Å². The molecule has 0 bridgehead atoms. The average Bonchev–Trinajstić information content (AvgIpc) is 3.64. The zero-order chi connectivity index (χ0) is 64.1. The number of nitrogens with one attached hydrogen (secondary N) is 1. The van der Waals surface area contributed by atoms with Crippen molar-refractivity contribution in [3.63, 3.8) is 0 Å². The summed E-state index contributed by atoms with van der Waals surface area (Å²) in [4.78, 5) is 23.5. The zero-order valence-electron chi connectivity index (χ0n) is 60.5. The minimum absolute atomic E-state index is 0.0788. The second-order valence-corrected chi connectivity index (χ2v) is 30.6. The number of phosphoric ester groups is 1. The standard InChI is InChI=1S/C79H159N2O6P/c1-6-8-10-12-14-16-18-20-22-24-26-28-30-32-34-36-38-39-40-41-43-45-47-49-51-53-55-57-59-61-63-65-67-69-71-73-79(83)80-77(76-87-88(84,85)86-75-74-81(3,4)5)78(82)72-70-68-66-64-62-60-58-56-54-52-50-48-46-44-42-37-35-33-31-29-27-25-23-21-19-17-15-13-11-9-7-2/h24,26,77-78,82H,6-23,25,27-76H2,1-5H3,(H-,80,83,84,85)/p+1/b26-24-. The van der Waals surface area contributed by atoms with Gasteiger partial charge in [-0.2, -0.15) is 0 Å². The lowest BCUT2D eigenvalue weighted by atomic mass is 10.0. The molecule has 0 saturated heterocycles. The summed E-state index contributed by atoms with van der Waals surface area (Å²) in [6.45, 7) is 4.97. The van der Waals surface area contributed by atoms with Gasteiger partial charge in [0.05, 0.1) is 39.9 Å². The summed E-state index contributed by atoms with van der Waals surface area (Å²) in [6.07, 6.45) is 92.2. The number of allylic oxidation sites excluding steroid dienone is 2. The number of aliphatic hydroxyl groups excluding tert-OH is 1. The van der Waals surface area contributed by atoms with Crippen LogP contribution in [-0.4, -0.2) is 73.4 Å². The third-order valence-electron chi connectivity index (χ3n) is 19.0. The highest BCUT2D eigenvalue weighted by atomic mass is 31.2. The van der Waals surface area contributed by atoms with Crippen LogP contribution in [0.3, 0.4) is 0 Å². The van der Waals surface area contributed by atoms with Gasteiger partial charge in [0.15, 0.2) is 0 Å². The van der Waals surface area contributed by atoms with E-state index in [9.17, 15) is 19.4 Å². The number of hydrogen-bond acceptors (Lipinski definition) is 5. The monoisotopic (exact) mass is 1260 g/mol. The first kappa shape index (κ1) is 87.2. The van der Waals surface area contributed by atoms with Crippen molar-refractivity contribution in [2.45, 2.75) is 450 Å². The number of phosphoric acid groups is 1. The number of unbranched alkanes of at least 4 members (excludes halogenated alkanes) is 61. The second kappa shape index (κ2) is 70.6. The Kier molecular flexibility index (Phi) is 69.9. The van der Waals surface area contributed by atoms with E-state index >= 15 is 0 Å². The Labute approximate surface area is 552 Å². The molecule has 3 atom stereocenters. The number of aliphatic hydroxyl groups is 1. The van der Waals surface area contributed by atoms with Crippen LogP contribution in [-0.2, 0) is 18.4 Å². The second-order valence-electron chi connectivity index (χ2n) is 29.2. The highest BCUT2D eigenvalue weighted by Crippen LogP contribution is 2.43. The van der Waals surface area contributed by atoms with Gasteiger partial charge in [-0.3, -0.25) is 13.8 Å². The first-order valence-corrected chi connectivity index (χ1v) is 41.5. The van der Waals surface area contributed by atoms with Gasteiger partial charge in [0.25, 0.3) is 0 Å². The van der Waals surface area contributed by atoms with Crippen molar-refractivity contribution >= 4 is 13.7 Å². The van der Waals surface area contributed by atoms with E-state index in [1.165, 1.54) is 372 Å². The van der Waals surface area contributed by atoms with Gasteiger partial charge in [0.2, 0.25) is 5.91 Å². The smallest absolute Gasteiger partial charge is 0.391 e. The maximum absolute atomic E-state index is 13.1. The molecule has 0 rings (SSSR count). The molecule has 0 saturated carbocycles. The molecule has 0 radical (unpaired) electrons. The van der Waals surface area contributed by atoms with E-state index in [2.05, 4.69) is 31.3 Å². The molecule has 1 amide bonds. The number of quaternary nitrogens is 1. The van der Waals surface area contributed by atoms with Crippen LogP contribution in [0.1, 0.15) is 438 Å². The fourth-order valence-electron chi connectivity index (χ4n) is 12.8. The minimum Gasteiger partial charge on any atom is -0.391 e. The lowest BCUT2D eigenvalue weighted by Gasteiger charge is -2.26. The fraction of sp³-hybridized carbons (Fsp3) is 0.962. The summed E-state index contributed by atoms with van der Waals surface area (Å²) in [5, 5.41) is 14.2. The Bertz CT molecular complexity index is 1440. The maximum atomic E-state index is 13.1. The third-order valence-corrected chi connectivity index (χ3v) is 20.0. The predicted octanol–water partition coefficient (Wildman–Crippen LogP) is 26.0. The van der Waals surface area contributed by atoms with Crippen molar-refractivity contribution in [2.75, 3.05) is 40.9 Å². The summed E-state index contributed by atoms with van der Waals surface area (Å²) in [5.41, 5.74) is 0. The number of rotatable bonds is 76. The number of amides is 1. The van der Waals surface area contributed by atoms with Gasteiger partial charge in [-0.15, -0.1) is 0 Å². The molecular weight excluding hydrogens is 1100 g/mol. The van der Waals surface area contributed by atoms with Crippen molar-refractivity contribution in [3.8, 4) is 0 Å². The first-order chi connectivity index (χ1) is 43.0. The van der Waals surface area contributed by atoms with Gasteiger partial charge in [0, 0.05) is 6.42 Å². The van der Waals surface area contributed by atoms with E-state index in [1.54, 1.807) is 0 Å². The molecule has 0 aromatic heterocycles. The van der Waals surface area contributed by atoms with E-state index in [0.717, 1.165) is 38.5 Å². The van der Waals surface area contributed by atoms with Crippen LogP contribution < -0.4 is 5.32 Å². The Morgan fingerprint density at radius 3 is 0.875 bits per heavy atom. The van der Waals surface area contributed by atoms with Gasteiger partial charge in [-0.25, -0.2) is 4.57 Å². The first-order valence-electron chi connectivity index (χ1n) is 40.1. The lowest BCUT2D eigenvalue weighted by Crippen LogP contribution is -2.46. The Morgan fingerprint density at radius 1 is 0.375 bits per heavy atom. The highest BCUT2D eigenvalue weighted by Gasteiger charge is 2.28. The molecule has 8 nitrogen and oxygen atoms in total. The van der Waals surface area contributed by atoms with Gasteiger partial charge in [-0.1, -0.05) is 405 Å². The average molecular weight is 1270 g/mol. The molecule has 0 aliphatic carbocycles. The Morgan fingerprint density at radius 2 is 0.614 bits per heavy atom. The molecule has 0 spiro atoms. The molecule has 0 aromatic carbocycles. The molecule has 0 aliphatic rings. The van der Waals surface area contributed by atoms with Gasteiger partial charge >= 0.3 is 7.82 Å². The molecule has 3 unspecified atom stereocenters. The highest BCUT2D eigenvalue weighted by molar-refractivity contribution is 7.47. The molecule has 88 heavy (non-hydrogen) atoms. The molecule has 3 N–H and O–H groups in total. The zero-order valence-corrected chi connectivity index (χ0v) is 61.4. The third kappa shape index (κ3) is 72.7. The number of carbonyl (C=O) groups is 1. The summed E-state index contributed by atoms with van der Waals surface area (Å²) in [5.74, 6) is -0.133. The van der Waals surface area contributed by atoms with Gasteiger partial charge < -0.3 is 19.8 Å². The topological polar surface area (TPSA) is 105 Å².